The van der Waals surface area contributed by atoms with Gasteiger partial charge in [-0.3, -0.25) is 9.59 Å². The van der Waals surface area contributed by atoms with Crippen LogP contribution >= 0.6 is 22.9 Å². The number of thiazole rings is 1. The topological polar surface area (TPSA) is 78.4 Å². The van der Waals surface area contributed by atoms with Crippen molar-refractivity contribution in [3.05, 3.63) is 121 Å². The number of rotatable bonds is 6. The Morgan fingerprint density at radius 1 is 1.07 bits per heavy atom. The van der Waals surface area contributed by atoms with Crippen molar-refractivity contribution in [3.8, 4) is 11.1 Å². The van der Waals surface area contributed by atoms with Crippen LogP contribution in [-0.2, 0) is 11.2 Å². The average Bonchev–Trinajstić information content (AvgIpc) is 3.63. The van der Waals surface area contributed by atoms with Crippen molar-refractivity contribution in [2.24, 2.45) is 5.10 Å². The molecular formula is C31H23ClF2N4O2S. The Bertz CT molecular complexity index is 1840. The van der Waals surface area contributed by atoms with Gasteiger partial charge in [0.15, 0.2) is 0 Å². The van der Waals surface area contributed by atoms with Crippen LogP contribution in [0.2, 0.25) is 5.02 Å². The largest absolute Gasteiger partial charge is 0.332 e. The van der Waals surface area contributed by atoms with Crippen LogP contribution in [0.5, 0.6) is 0 Å². The molecule has 0 unspecified atom stereocenters. The zero-order valence-electron chi connectivity index (χ0n) is 21.8. The third-order valence-corrected chi connectivity index (χ3v) is 8.01. The van der Waals surface area contributed by atoms with Crippen molar-refractivity contribution in [1.29, 1.82) is 0 Å². The van der Waals surface area contributed by atoms with Crippen molar-refractivity contribution in [2.45, 2.75) is 31.7 Å². The highest BCUT2D eigenvalue weighted by molar-refractivity contribution is 7.07. The molecule has 3 aromatic carbocycles. The molecular weight excluding hydrogens is 566 g/mol. The second-order valence-corrected chi connectivity index (χ2v) is 11.1. The molecule has 0 bridgehead atoms. The van der Waals surface area contributed by atoms with E-state index in [0.29, 0.717) is 27.2 Å². The lowest BCUT2D eigenvalue weighted by Crippen LogP contribution is -2.42. The van der Waals surface area contributed by atoms with Gasteiger partial charge < -0.3 is 4.98 Å². The number of aromatic amines is 1. The van der Waals surface area contributed by atoms with Gasteiger partial charge in [-0.25, -0.2) is 9.99 Å². The molecule has 1 aliphatic rings. The van der Waals surface area contributed by atoms with E-state index in [4.69, 9.17) is 11.6 Å². The highest BCUT2D eigenvalue weighted by Crippen LogP contribution is 2.39. The second kappa shape index (κ2) is 10.6. The average molecular weight is 589 g/mol. The summed E-state index contributed by atoms with van der Waals surface area (Å²) in [6.45, 7) is 1.91. The Labute approximate surface area is 242 Å². The maximum atomic E-state index is 15.4. The number of aromatic nitrogens is 2. The minimum Gasteiger partial charge on any atom is -0.321 e. The molecule has 0 spiro atoms. The first kappa shape index (κ1) is 27.0. The first-order valence-corrected chi connectivity index (χ1v) is 14.2. The van der Waals surface area contributed by atoms with Gasteiger partial charge >= 0.3 is 11.8 Å². The van der Waals surface area contributed by atoms with Gasteiger partial charge in [0.2, 0.25) is 0 Å². The number of nitrogens with one attached hydrogen (secondary N) is 1. The van der Waals surface area contributed by atoms with E-state index in [0.717, 1.165) is 16.0 Å². The summed E-state index contributed by atoms with van der Waals surface area (Å²) in [4.78, 5) is 33.9. The normalized spacial score (nSPS) is 15.4. The summed E-state index contributed by atoms with van der Waals surface area (Å²) >= 11 is 7.33. The molecule has 41 heavy (non-hydrogen) atoms. The summed E-state index contributed by atoms with van der Waals surface area (Å²) in [6.07, 6.45) is -0.770. The molecule has 1 aliphatic heterocycles. The monoisotopic (exact) mass is 588 g/mol. The number of hydrogen-bond acceptors (Lipinski definition) is 5. The molecule has 0 fully saturated rings. The molecule has 1 atom stereocenters. The lowest BCUT2D eigenvalue weighted by molar-refractivity contribution is -0.159. The minimum atomic E-state index is -3.76. The lowest BCUT2D eigenvalue weighted by atomic mass is 9.91. The first-order valence-electron chi connectivity index (χ1n) is 12.9. The van der Waals surface area contributed by atoms with E-state index in [2.05, 4.69) is 15.1 Å². The summed E-state index contributed by atoms with van der Waals surface area (Å²) < 4.78 is 30.8. The number of para-hydroxylation sites is 1. The Hall–Kier alpha value is -4.21. The first-order chi connectivity index (χ1) is 19.7. The van der Waals surface area contributed by atoms with Crippen molar-refractivity contribution in [3.63, 3.8) is 0 Å². The molecule has 10 heteroatoms. The highest BCUT2D eigenvalue weighted by atomic mass is 35.5. The van der Waals surface area contributed by atoms with E-state index in [1.165, 1.54) is 22.2 Å². The number of alkyl halides is 2. The van der Waals surface area contributed by atoms with Gasteiger partial charge in [0.25, 0.3) is 5.56 Å². The van der Waals surface area contributed by atoms with Crippen molar-refractivity contribution < 1.29 is 13.6 Å². The summed E-state index contributed by atoms with van der Waals surface area (Å²) in [5.41, 5.74) is 5.13. The van der Waals surface area contributed by atoms with Crippen LogP contribution in [0.1, 0.15) is 34.8 Å². The lowest BCUT2D eigenvalue weighted by Gasteiger charge is -2.26. The molecule has 1 amide bonds. The number of benzene rings is 3. The number of carbonyl (C=O) groups excluding carboxylic acids is 1. The number of pyridine rings is 1. The van der Waals surface area contributed by atoms with Crippen LogP contribution in [0.15, 0.2) is 93.6 Å². The van der Waals surface area contributed by atoms with E-state index < -0.39 is 29.9 Å². The number of halogens is 3. The SMILES string of the molecule is Cc1ccc([C@@H]2CC(c3c(-c4ccc(Cl)cc4)c4ccccc4[nH]c3=O)=NN2C(=O)C(F)(F)Cc2cscn2)cc1. The molecule has 6 nitrogen and oxygen atoms in total. The fourth-order valence-electron chi connectivity index (χ4n) is 5.13. The summed E-state index contributed by atoms with van der Waals surface area (Å²) in [7, 11) is 0. The van der Waals surface area contributed by atoms with Crippen LogP contribution in [0.25, 0.3) is 22.0 Å². The summed E-state index contributed by atoms with van der Waals surface area (Å²) in [5, 5.41) is 8.07. The highest BCUT2D eigenvalue weighted by Gasteiger charge is 2.48. The van der Waals surface area contributed by atoms with E-state index in [1.54, 1.807) is 42.5 Å². The van der Waals surface area contributed by atoms with Crippen molar-refractivity contribution in [2.75, 3.05) is 0 Å². The zero-order valence-corrected chi connectivity index (χ0v) is 23.3. The third kappa shape index (κ3) is 5.18. The van der Waals surface area contributed by atoms with Gasteiger partial charge in [0.05, 0.1) is 34.9 Å². The number of amides is 1. The van der Waals surface area contributed by atoms with Crippen LogP contribution in [0, 0.1) is 6.92 Å². The van der Waals surface area contributed by atoms with Crippen LogP contribution in [0.4, 0.5) is 8.78 Å². The molecule has 206 valence electrons. The Morgan fingerprint density at radius 2 is 1.80 bits per heavy atom. The van der Waals surface area contributed by atoms with Gasteiger partial charge in [-0.05, 0) is 36.2 Å². The molecule has 5 aromatic rings. The van der Waals surface area contributed by atoms with E-state index in [-0.39, 0.29) is 23.4 Å². The predicted molar refractivity (Wildman–Crippen MR) is 158 cm³/mol. The Morgan fingerprint density at radius 3 is 2.51 bits per heavy atom. The zero-order chi connectivity index (χ0) is 28.7. The summed E-state index contributed by atoms with van der Waals surface area (Å²) in [5.74, 6) is -5.21. The van der Waals surface area contributed by atoms with Crippen LogP contribution in [0.3, 0.4) is 0 Å². The molecule has 1 N–H and O–H groups in total. The van der Waals surface area contributed by atoms with Crippen molar-refractivity contribution >= 4 is 45.5 Å². The molecule has 0 saturated carbocycles. The fraction of sp³-hybridized carbons (Fsp3) is 0.161. The number of H-pyrrole nitrogens is 1. The Kier molecular flexibility index (Phi) is 7.01. The number of fused-ring (bicyclic) bond motifs is 1. The molecule has 0 radical (unpaired) electrons. The van der Waals surface area contributed by atoms with Gasteiger partial charge in [0, 0.05) is 33.3 Å². The van der Waals surface area contributed by atoms with Crippen LogP contribution in [-0.4, -0.2) is 32.5 Å². The molecule has 3 heterocycles. The summed E-state index contributed by atoms with van der Waals surface area (Å²) in [6, 6.07) is 20.8. The van der Waals surface area contributed by atoms with Crippen LogP contribution < -0.4 is 5.56 Å². The number of carbonyl (C=O) groups is 1. The smallest absolute Gasteiger partial charge is 0.321 e. The van der Waals surface area contributed by atoms with Gasteiger partial charge in [-0.2, -0.15) is 13.9 Å². The molecule has 0 aliphatic carbocycles. The van der Waals surface area contributed by atoms with Crippen molar-refractivity contribution in [1.82, 2.24) is 15.0 Å². The number of hydrogen-bond donors (Lipinski definition) is 1. The maximum absolute atomic E-state index is 15.4. The van der Waals surface area contributed by atoms with E-state index in [1.807, 2.05) is 37.3 Å². The number of hydrazone groups is 1. The van der Waals surface area contributed by atoms with Gasteiger partial charge in [-0.15, -0.1) is 11.3 Å². The quantitative estimate of drug-likeness (QED) is 0.228. The van der Waals surface area contributed by atoms with E-state index >= 15 is 8.78 Å². The second-order valence-electron chi connectivity index (χ2n) is 9.94. The van der Waals surface area contributed by atoms with Gasteiger partial charge in [-0.1, -0.05) is 71.8 Å². The van der Waals surface area contributed by atoms with Gasteiger partial charge in [0.1, 0.15) is 0 Å². The standard InChI is InChI=1S/C31H23ClF2N4O2S/c1-18-6-8-19(9-7-18)26-14-25(37-38(26)30(40)31(33,34)15-22-16-41-17-35-22)28-27(20-10-12-21(32)13-11-20)23-4-2-3-5-24(23)36-29(28)39/h2-13,16-17,26H,14-15H2,1H3,(H,36,39)/t26-/m0/s1. The number of nitrogens with zero attached hydrogens (tertiary/aromatic N) is 3. The molecule has 0 saturated heterocycles. The fourth-order valence-corrected chi connectivity index (χ4v) is 5.81. The third-order valence-electron chi connectivity index (χ3n) is 7.12. The maximum Gasteiger partial charge on any atom is 0.332 e. The number of aryl methyl sites for hydroxylation is 1. The molecule has 2 aromatic heterocycles. The van der Waals surface area contributed by atoms with E-state index in [9.17, 15) is 9.59 Å². The minimum absolute atomic E-state index is 0.0730. The molecule has 6 rings (SSSR count). The Balaban J connectivity index is 1.52. The predicted octanol–water partition coefficient (Wildman–Crippen LogP) is 7.17.